The van der Waals surface area contributed by atoms with Crippen LogP contribution >= 0.6 is 7.60 Å². The lowest BCUT2D eigenvalue weighted by Gasteiger charge is -2.21. The van der Waals surface area contributed by atoms with E-state index in [0.29, 0.717) is 0 Å². The zero-order valence-corrected chi connectivity index (χ0v) is 12.2. The zero-order chi connectivity index (χ0) is 14.4. The fourth-order valence-electron chi connectivity index (χ4n) is 1.60. The Kier molecular flexibility index (Phi) is 5.94. The van der Waals surface area contributed by atoms with Crippen molar-refractivity contribution in [3.05, 3.63) is 24.0 Å². The Labute approximate surface area is 112 Å². The average Bonchev–Trinajstić information content (AvgIpc) is 2.86. The number of carbonyl (C=O) groups is 1. The highest BCUT2D eigenvalue weighted by molar-refractivity contribution is 7.57. The summed E-state index contributed by atoms with van der Waals surface area (Å²) in [5.74, 6) is 0.657. The Hall–Kier alpha value is -0.940. The van der Waals surface area contributed by atoms with E-state index in [1.54, 1.807) is 26.0 Å². The molecule has 0 aromatic heterocycles. The second-order valence-electron chi connectivity index (χ2n) is 3.69. The van der Waals surface area contributed by atoms with Crippen molar-refractivity contribution in [1.29, 1.82) is 0 Å². The first-order chi connectivity index (χ1) is 9.02. The van der Waals surface area contributed by atoms with Crippen molar-refractivity contribution in [2.75, 3.05) is 26.9 Å². The Balaban J connectivity index is 2.95. The van der Waals surface area contributed by atoms with Gasteiger partial charge in [-0.3, -0.25) is 4.57 Å². The molecule has 0 saturated carbocycles. The second kappa shape index (κ2) is 7.01. The topological polar surface area (TPSA) is 71.1 Å². The van der Waals surface area contributed by atoms with Crippen LogP contribution in [0, 0.1) is 0 Å². The first-order valence-corrected chi connectivity index (χ1v) is 7.62. The normalized spacial score (nSPS) is 23.1. The molecule has 0 aromatic rings. The summed E-state index contributed by atoms with van der Waals surface area (Å²) >= 11 is 0. The van der Waals surface area contributed by atoms with E-state index in [2.05, 4.69) is 4.74 Å². The van der Waals surface area contributed by atoms with Crippen molar-refractivity contribution < 1.29 is 27.9 Å². The van der Waals surface area contributed by atoms with E-state index in [9.17, 15) is 9.36 Å². The summed E-state index contributed by atoms with van der Waals surface area (Å²) in [5.41, 5.74) is -1.35. The molecule has 1 aliphatic heterocycles. The van der Waals surface area contributed by atoms with Gasteiger partial charge in [-0.15, -0.1) is 0 Å². The van der Waals surface area contributed by atoms with E-state index in [1.807, 2.05) is 0 Å². The number of ether oxygens (including phenoxy) is 2. The van der Waals surface area contributed by atoms with Gasteiger partial charge in [-0.25, -0.2) is 4.79 Å². The number of hydrogen-bond donors (Lipinski definition) is 0. The molecule has 1 heterocycles. The van der Waals surface area contributed by atoms with Crippen molar-refractivity contribution in [2.45, 2.75) is 19.4 Å². The number of esters is 1. The van der Waals surface area contributed by atoms with E-state index in [1.165, 1.54) is 19.0 Å². The van der Waals surface area contributed by atoms with E-state index < -0.39 is 19.2 Å². The molecule has 0 bridgehead atoms. The Morgan fingerprint density at radius 2 is 2.05 bits per heavy atom. The van der Waals surface area contributed by atoms with Gasteiger partial charge in [-0.1, -0.05) is 6.08 Å². The number of methoxy groups -OCH3 is 1. The van der Waals surface area contributed by atoms with E-state index in [4.69, 9.17) is 13.8 Å². The van der Waals surface area contributed by atoms with Crippen LogP contribution in [0.1, 0.15) is 13.8 Å². The first-order valence-electron chi connectivity index (χ1n) is 6.01. The van der Waals surface area contributed by atoms with Gasteiger partial charge in [0, 0.05) is 5.82 Å². The van der Waals surface area contributed by atoms with E-state index in [-0.39, 0.29) is 19.8 Å². The molecule has 1 rings (SSSR count). The smallest absolute Gasteiger partial charge is 0.353 e. The van der Waals surface area contributed by atoms with E-state index >= 15 is 0 Å². The molecule has 0 aliphatic carbocycles. The lowest BCUT2D eigenvalue weighted by molar-refractivity contribution is -0.155. The van der Waals surface area contributed by atoms with Crippen LogP contribution in [0.5, 0.6) is 0 Å². The van der Waals surface area contributed by atoms with Gasteiger partial charge in [0.2, 0.25) is 5.60 Å². The molecule has 0 N–H and O–H groups in total. The minimum atomic E-state index is -3.37. The van der Waals surface area contributed by atoms with E-state index in [0.717, 1.165) is 0 Å². The van der Waals surface area contributed by atoms with Crippen LogP contribution in [0.2, 0.25) is 0 Å². The molecule has 1 atom stereocenters. The summed E-state index contributed by atoms with van der Waals surface area (Å²) < 4.78 is 32.5. The predicted molar refractivity (Wildman–Crippen MR) is 69.8 cm³/mol. The fraction of sp³-hybridized carbons (Fsp3) is 0.583. The summed E-state index contributed by atoms with van der Waals surface area (Å²) in [6.45, 7) is 4.18. The van der Waals surface area contributed by atoms with Gasteiger partial charge in [-0.2, -0.15) is 0 Å². The molecule has 6 nitrogen and oxygen atoms in total. The highest BCUT2D eigenvalue weighted by Gasteiger charge is 2.39. The monoisotopic (exact) mass is 290 g/mol. The van der Waals surface area contributed by atoms with Crippen molar-refractivity contribution >= 4 is 13.6 Å². The highest BCUT2D eigenvalue weighted by Crippen LogP contribution is 2.50. The van der Waals surface area contributed by atoms with Crippen molar-refractivity contribution in [1.82, 2.24) is 0 Å². The maximum absolute atomic E-state index is 12.3. The molecular formula is C12H19O6P. The maximum Gasteiger partial charge on any atom is 0.353 e. The van der Waals surface area contributed by atoms with Crippen molar-refractivity contribution in [3.63, 3.8) is 0 Å². The van der Waals surface area contributed by atoms with Crippen molar-refractivity contribution in [3.8, 4) is 0 Å². The summed E-state index contributed by atoms with van der Waals surface area (Å²) in [4.78, 5) is 11.7. The Bertz CT molecular complexity index is 406. The number of rotatable bonds is 7. The molecule has 1 aliphatic rings. The predicted octanol–water partition coefficient (Wildman–Crippen LogP) is 2.26. The molecule has 0 spiro atoms. The molecule has 7 heteroatoms. The molecular weight excluding hydrogens is 271 g/mol. The minimum Gasteiger partial charge on any atom is -0.466 e. The third-order valence-corrected chi connectivity index (χ3v) is 4.16. The zero-order valence-electron chi connectivity index (χ0n) is 11.3. The SMILES string of the molecule is CCOP(=O)(/C=C/C1(C(=O)OC)C=CCO1)OCC. The van der Waals surface area contributed by atoms with Gasteiger partial charge in [0.25, 0.3) is 0 Å². The average molecular weight is 290 g/mol. The molecule has 0 aromatic carbocycles. The molecule has 0 amide bonds. The Morgan fingerprint density at radius 3 is 2.47 bits per heavy atom. The van der Waals surface area contributed by atoms with Gasteiger partial charge in [0.1, 0.15) is 0 Å². The van der Waals surface area contributed by atoms with Crippen molar-refractivity contribution in [2.24, 2.45) is 0 Å². The first kappa shape index (κ1) is 16.1. The lowest BCUT2D eigenvalue weighted by Crippen LogP contribution is -2.36. The van der Waals surface area contributed by atoms with Crippen LogP contribution in [0.3, 0.4) is 0 Å². The molecule has 0 radical (unpaired) electrons. The van der Waals surface area contributed by atoms with Crippen LogP contribution in [0.25, 0.3) is 0 Å². The van der Waals surface area contributed by atoms with Crippen LogP contribution in [-0.4, -0.2) is 38.5 Å². The van der Waals surface area contributed by atoms with Gasteiger partial charge in [0.15, 0.2) is 0 Å². The van der Waals surface area contributed by atoms with Gasteiger partial charge < -0.3 is 18.5 Å². The van der Waals surface area contributed by atoms with Gasteiger partial charge >= 0.3 is 13.6 Å². The fourth-order valence-corrected chi connectivity index (χ4v) is 2.97. The Morgan fingerprint density at radius 1 is 1.42 bits per heavy atom. The van der Waals surface area contributed by atoms with Crippen LogP contribution < -0.4 is 0 Å². The molecule has 108 valence electrons. The van der Waals surface area contributed by atoms with Crippen LogP contribution in [0.15, 0.2) is 24.0 Å². The van der Waals surface area contributed by atoms with Gasteiger partial charge in [-0.05, 0) is 26.0 Å². The summed E-state index contributed by atoms with van der Waals surface area (Å²) in [6, 6.07) is 0. The number of carbonyl (C=O) groups excluding carboxylic acids is 1. The van der Waals surface area contributed by atoms with Crippen LogP contribution in [-0.2, 0) is 27.9 Å². The van der Waals surface area contributed by atoms with Gasteiger partial charge in [0.05, 0.1) is 26.9 Å². The largest absolute Gasteiger partial charge is 0.466 e. The number of hydrogen-bond acceptors (Lipinski definition) is 6. The molecule has 19 heavy (non-hydrogen) atoms. The standard InChI is InChI=1S/C12H19O6P/c1-4-17-19(14,18-5-2)10-8-12(11(13)15-3)7-6-9-16-12/h6-8,10H,4-5,9H2,1-3H3/b10-8+. The maximum atomic E-state index is 12.3. The highest BCUT2D eigenvalue weighted by atomic mass is 31.2. The quantitative estimate of drug-likeness (QED) is 0.407. The van der Waals surface area contributed by atoms with Crippen LogP contribution in [0.4, 0.5) is 0 Å². The minimum absolute atomic E-state index is 0.240. The molecule has 0 fully saturated rings. The third kappa shape index (κ3) is 4.01. The summed E-state index contributed by atoms with van der Waals surface area (Å²) in [7, 11) is -2.10. The molecule has 0 saturated heterocycles. The molecule has 1 unspecified atom stereocenters. The summed E-state index contributed by atoms with van der Waals surface area (Å²) in [5, 5.41) is 0. The third-order valence-electron chi connectivity index (χ3n) is 2.41. The summed E-state index contributed by atoms with van der Waals surface area (Å²) in [6.07, 6.45) is 4.60. The lowest BCUT2D eigenvalue weighted by atomic mass is 10.1. The second-order valence-corrected chi connectivity index (χ2v) is 5.58.